The molecule has 0 aromatic heterocycles. The van der Waals surface area contributed by atoms with Crippen molar-refractivity contribution in [2.45, 2.75) is 25.4 Å². The lowest BCUT2D eigenvalue weighted by atomic mass is 9.91. The van der Waals surface area contributed by atoms with E-state index in [4.69, 9.17) is 4.74 Å². The Balaban J connectivity index is 1.85. The summed E-state index contributed by atoms with van der Waals surface area (Å²) in [6.07, 6.45) is 1.77. The van der Waals surface area contributed by atoms with Gasteiger partial charge in [-0.2, -0.15) is 0 Å². The van der Waals surface area contributed by atoms with Gasteiger partial charge in [0.25, 0.3) is 0 Å². The monoisotopic (exact) mass is 266 g/mol. The molecule has 2 heteroatoms. The van der Waals surface area contributed by atoms with E-state index < -0.39 is 5.60 Å². The molecule has 1 atom stereocenters. The molecule has 102 valence electrons. The maximum Gasteiger partial charge on any atom is 0.194 e. The molecule has 20 heavy (non-hydrogen) atoms. The van der Waals surface area contributed by atoms with Gasteiger partial charge in [-0.15, -0.1) is 0 Å². The van der Waals surface area contributed by atoms with E-state index in [9.17, 15) is 4.79 Å². The Morgan fingerprint density at radius 2 is 1.65 bits per heavy atom. The fourth-order valence-electron chi connectivity index (χ4n) is 2.71. The van der Waals surface area contributed by atoms with Gasteiger partial charge in [-0.3, -0.25) is 4.79 Å². The molecule has 0 spiro atoms. The molecule has 0 N–H and O–H groups in total. The average molecular weight is 266 g/mol. The van der Waals surface area contributed by atoms with Crippen molar-refractivity contribution in [2.24, 2.45) is 0 Å². The zero-order chi connectivity index (χ0) is 14.0. The molecule has 3 rings (SSSR count). The van der Waals surface area contributed by atoms with Crippen molar-refractivity contribution in [3.8, 4) is 11.1 Å². The fraction of sp³-hybridized carbons (Fsp3) is 0.278. The van der Waals surface area contributed by atoms with E-state index in [1.165, 1.54) is 0 Å². The van der Waals surface area contributed by atoms with Crippen LogP contribution in [0.25, 0.3) is 11.1 Å². The van der Waals surface area contributed by atoms with Crippen molar-refractivity contribution in [1.29, 1.82) is 0 Å². The quantitative estimate of drug-likeness (QED) is 0.782. The predicted molar refractivity (Wildman–Crippen MR) is 79.8 cm³/mol. The molecule has 1 saturated heterocycles. The van der Waals surface area contributed by atoms with Crippen LogP contribution in [0.1, 0.15) is 30.1 Å². The van der Waals surface area contributed by atoms with E-state index in [0.29, 0.717) is 6.61 Å². The maximum absolute atomic E-state index is 12.5. The Morgan fingerprint density at radius 3 is 2.25 bits per heavy atom. The Kier molecular flexibility index (Phi) is 3.41. The topological polar surface area (TPSA) is 26.3 Å². The van der Waals surface area contributed by atoms with Gasteiger partial charge in [-0.05, 0) is 30.9 Å². The van der Waals surface area contributed by atoms with Gasteiger partial charge in [0.1, 0.15) is 5.60 Å². The number of ketones is 1. The summed E-state index contributed by atoms with van der Waals surface area (Å²) in [7, 11) is 0. The van der Waals surface area contributed by atoms with E-state index >= 15 is 0 Å². The second-order valence-corrected chi connectivity index (χ2v) is 5.46. The van der Waals surface area contributed by atoms with Crippen LogP contribution in [-0.4, -0.2) is 18.0 Å². The Bertz CT molecular complexity index is 593. The first kappa shape index (κ1) is 13.1. The zero-order valence-corrected chi connectivity index (χ0v) is 11.6. The highest BCUT2D eigenvalue weighted by Crippen LogP contribution is 2.29. The highest BCUT2D eigenvalue weighted by atomic mass is 16.5. The molecule has 1 aliphatic rings. The molecular weight excluding hydrogens is 248 g/mol. The van der Waals surface area contributed by atoms with E-state index in [1.54, 1.807) is 0 Å². The summed E-state index contributed by atoms with van der Waals surface area (Å²) in [6, 6.07) is 18.0. The number of benzene rings is 2. The third kappa shape index (κ3) is 2.39. The lowest BCUT2D eigenvalue weighted by molar-refractivity contribution is 0.0213. The van der Waals surface area contributed by atoms with Crippen molar-refractivity contribution in [2.75, 3.05) is 6.61 Å². The van der Waals surface area contributed by atoms with Gasteiger partial charge in [0, 0.05) is 12.2 Å². The van der Waals surface area contributed by atoms with Crippen molar-refractivity contribution in [3.63, 3.8) is 0 Å². The summed E-state index contributed by atoms with van der Waals surface area (Å²) in [5.74, 6) is 0.0922. The van der Waals surface area contributed by atoms with Gasteiger partial charge in [-0.1, -0.05) is 54.6 Å². The lowest BCUT2D eigenvalue weighted by Crippen LogP contribution is -2.34. The summed E-state index contributed by atoms with van der Waals surface area (Å²) >= 11 is 0. The van der Waals surface area contributed by atoms with Crippen molar-refractivity contribution < 1.29 is 9.53 Å². The molecule has 0 saturated carbocycles. The number of ether oxygens (including phenoxy) is 1. The number of rotatable bonds is 3. The molecule has 0 bridgehead atoms. The molecule has 2 aromatic carbocycles. The Morgan fingerprint density at radius 1 is 1.00 bits per heavy atom. The standard InChI is InChI=1S/C18H18O2/c1-18(12-5-13-20-18)17(19)16-10-8-15(9-11-16)14-6-3-2-4-7-14/h2-4,6-11H,5,12-13H2,1H3. The molecule has 1 unspecified atom stereocenters. The largest absolute Gasteiger partial charge is 0.367 e. The first-order valence-electron chi connectivity index (χ1n) is 7.03. The highest BCUT2D eigenvalue weighted by Gasteiger charge is 2.37. The van der Waals surface area contributed by atoms with Gasteiger partial charge in [-0.25, -0.2) is 0 Å². The fourth-order valence-corrected chi connectivity index (χ4v) is 2.71. The molecular formula is C18H18O2. The van der Waals surface area contributed by atoms with Crippen LogP contribution >= 0.6 is 0 Å². The van der Waals surface area contributed by atoms with Crippen LogP contribution in [0.3, 0.4) is 0 Å². The van der Waals surface area contributed by atoms with Crippen molar-refractivity contribution in [1.82, 2.24) is 0 Å². The summed E-state index contributed by atoms with van der Waals surface area (Å²) < 4.78 is 5.62. The van der Waals surface area contributed by atoms with Gasteiger partial charge in [0.2, 0.25) is 0 Å². The SMILES string of the molecule is CC1(C(=O)c2ccc(-c3ccccc3)cc2)CCCO1. The molecule has 1 aliphatic heterocycles. The third-order valence-corrected chi connectivity index (χ3v) is 3.95. The molecule has 0 radical (unpaired) electrons. The van der Waals surface area contributed by atoms with E-state index in [0.717, 1.165) is 29.5 Å². The summed E-state index contributed by atoms with van der Waals surface area (Å²) in [5, 5.41) is 0. The minimum atomic E-state index is -0.631. The molecule has 1 heterocycles. The average Bonchev–Trinajstić information content (AvgIpc) is 2.96. The van der Waals surface area contributed by atoms with Crippen LogP contribution < -0.4 is 0 Å². The summed E-state index contributed by atoms with van der Waals surface area (Å²) in [6.45, 7) is 2.58. The van der Waals surface area contributed by atoms with E-state index in [-0.39, 0.29) is 5.78 Å². The molecule has 2 nitrogen and oxygen atoms in total. The van der Waals surface area contributed by atoms with E-state index in [1.807, 2.05) is 49.4 Å². The smallest absolute Gasteiger partial charge is 0.194 e. The van der Waals surface area contributed by atoms with E-state index in [2.05, 4.69) is 12.1 Å². The number of Topliss-reactive ketones (excluding diaryl/α,β-unsaturated/α-hetero) is 1. The first-order chi connectivity index (χ1) is 9.69. The number of carbonyl (C=O) groups is 1. The molecule has 0 amide bonds. The molecule has 2 aromatic rings. The van der Waals surface area contributed by atoms with Gasteiger partial charge < -0.3 is 4.74 Å². The van der Waals surface area contributed by atoms with Crippen molar-refractivity contribution >= 4 is 5.78 Å². The maximum atomic E-state index is 12.5. The van der Waals surface area contributed by atoms with Crippen LogP contribution in [0.5, 0.6) is 0 Å². The summed E-state index contributed by atoms with van der Waals surface area (Å²) in [5.41, 5.74) is 2.39. The van der Waals surface area contributed by atoms with Crippen LogP contribution in [0.15, 0.2) is 54.6 Å². The lowest BCUT2D eigenvalue weighted by Gasteiger charge is -2.21. The zero-order valence-electron chi connectivity index (χ0n) is 11.6. The predicted octanol–water partition coefficient (Wildman–Crippen LogP) is 4.11. The van der Waals surface area contributed by atoms with Crippen LogP contribution in [0.2, 0.25) is 0 Å². The first-order valence-corrected chi connectivity index (χ1v) is 7.03. The van der Waals surface area contributed by atoms with Gasteiger partial charge >= 0.3 is 0 Å². The Labute approximate surface area is 119 Å². The van der Waals surface area contributed by atoms with Crippen LogP contribution in [0, 0.1) is 0 Å². The third-order valence-electron chi connectivity index (χ3n) is 3.95. The Hall–Kier alpha value is -1.93. The summed E-state index contributed by atoms with van der Waals surface area (Å²) in [4.78, 5) is 12.5. The van der Waals surface area contributed by atoms with Crippen molar-refractivity contribution in [3.05, 3.63) is 60.2 Å². The minimum Gasteiger partial charge on any atom is -0.367 e. The number of hydrogen-bond donors (Lipinski definition) is 0. The second-order valence-electron chi connectivity index (χ2n) is 5.46. The highest BCUT2D eigenvalue weighted by molar-refractivity contribution is 6.02. The number of hydrogen-bond acceptors (Lipinski definition) is 2. The van der Waals surface area contributed by atoms with Gasteiger partial charge in [0.15, 0.2) is 5.78 Å². The minimum absolute atomic E-state index is 0.0922. The second kappa shape index (κ2) is 5.22. The normalized spacial score (nSPS) is 21.9. The molecule has 1 fully saturated rings. The van der Waals surface area contributed by atoms with Crippen LogP contribution in [0.4, 0.5) is 0 Å². The van der Waals surface area contributed by atoms with Crippen LogP contribution in [-0.2, 0) is 4.74 Å². The molecule has 0 aliphatic carbocycles. The van der Waals surface area contributed by atoms with Gasteiger partial charge in [0.05, 0.1) is 0 Å². The number of carbonyl (C=O) groups excluding carboxylic acids is 1.